The summed E-state index contributed by atoms with van der Waals surface area (Å²) < 4.78 is 31.5. The fraction of sp³-hybridized carbons (Fsp3) is 0.379. The Morgan fingerprint density at radius 2 is 1.21 bits per heavy atom. The summed E-state index contributed by atoms with van der Waals surface area (Å²) in [5, 5.41) is 0. The Kier molecular flexibility index (Phi) is 5.55. The van der Waals surface area contributed by atoms with Crippen LogP contribution in [0.3, 0.4) is 0 Å². The fourth-order valence-electron chi connectivity index (χ4n) is 5.37. The summed E-state index contributed by atoms with van der Waals surface area (Å²) in [5.41, 5.74) is 2.39. The van der Waals surface area contributed by atoms with Gasteiger partial charge in [-0.25, -0.2) is 0 Å². The van der Waals surface area contributed by atoms with E-state index in [1.54, 1.807) is 0 Å². The van der Waals surface area contributed by atoms with Crippen LogP contribution in [0.25, 0.3) is 0 Å². The SMILES string of the molecule is CC1(C)O[C@@H]2[C@H](O1)[C@@H](COC(c1ccccc1)(c1ccccc1)c1ccccc1)O[C@H]2C1CO1. The van der Waals surface area contributed by atoms with Gasteiger partial charge in [0.05, 0.1) is 13.2 Å². The van der Waals surface area contributed by atoms with Crippen molar-refractivity contribution in [3.63, 3.8) is 0 Å². The lowest BCUT2D eigenvalue weighted by molar-refractivity contribution is -0.197. The molecule has 176 valence electrons. The highest BCUT2D eigenvalue weighted by atomic mass is 16.8. The van der Waals surface area contributed by atoms with Gasteiger partial charge in [0, 0.05) is 0 Å². The van der Waals surface area contributed by atoms with Crippen LogP contribution in [0.15, 0.2) is 91.0 Å². The molecule has 3 aliphatic heterocycles. The van der Waals surface area contributed by atoms with Crippen LogP contribution >= 0.6 is 0 Å². The molecular weight excluding hydrogens is 428 g/mol. The second kappa shape index (κ2) is 8.59. The lowest BCUT2D eigenvalue weighted by atomic mass is 9.80. The first kappa shape index (κ1) is 22.0. The van der Waals surface area contributed by atoms with Gasteiger partial charge in [0.2, 0.25) is 0 Å². The van der Waals surface area contributed by atoms with Gasteiger partial charge >= 0.3 is 0 Å². The van der Waals surface area contributed by atoms with Gasteiger partial charge < -0.3 is 23.7 Å². The molecule has 6 rings (SSSR count). The van der Waals surface area contributed by atoms with Gasteiger partial charge in [-0.1, -0.05) is 91.0 Å². The van der Waals surface area contributed by atoms with Crippen molar-refractivity contribution >= 4 is 0 Å². The van der Waals surface area contributed by atoms with Gasteiger partial charge in [-0.15, -0.1) is 0 Å². The number of hydrogen-bond acceptors (Lipinski definition) is 5. The Hall–Kier alpha value is -2.54. The number of fused-ring (bicyclic) bond motifs is 1. The maximum absolute atomic E-state index is 7.00. The van der Waals surface area contributed by atoms with E-state index in [0.717, 1.165) is 16.7 Å². The van der Waals surface area contributed by atoms with Crippen molar-refractivity contribution in [2.75, 3.05) is 13.2 Å². The van der Waals surface area contributed by atoms with Crippen LogP contribution in [0.5, 0.6) is 0 Å². The van der Waals surface area contributed by atoms with Crippen molar-refractivity contribution in [2.24, 2.45) is 0 Å². The van der Waals surface area contributed by atoms with E-state index in [2.05, 4.69) is 72.8 Å². The van der Waals surface area contributed by atoms with Crippen LogP contribution in [0.1, 0.15) is 30.5 Å². The minimum absolute atomic E-state index is 0.0668. The van der Waals surface area contributed by atoms with Gasteiger partial charge in [0.1, 0.15) is 36.1 Å². The zero-order valence-electron chi connectivity index (χ0n) is 19.5. The average molecular weight is 459 g/mol. The zero-order valence-corrected chi connectivity index (χ0v) is 19.5. The first-order valence-electron chi connectivity index (χ1n) is 12.0. The molecule has 5 nitrogen and oxygen atoms in total. The first-order chi connectivity index (χ1) is 16.6. The van der Waals surface area contributed by atoms with E-state index in [1.165, 1.54) is 0 Å². The largest absolute Gasteiger partial charge is 0.370 e. The fourth-order valence-corrected chi connectivity index (χ4v) is 5.37. The summed E-state index contributed by atoms with van der Waals surface area (Å²) in [6, 6.07) is 31.1. The van der Waals surface area contributed by atoms with Crippen LogP contribution in [0.2, 0.25) is 0 Å². The molecule has 0 saturated carbocycles. The van der Waals surface area contributed by atoms with Crippen molar-refractivity contribution in [3.05, 3.63) is 108 Å². The van der Waals surface area contributed by atoms with Gasteiger partial charge in [0.25, 0.3) is 0 Å². The molecule has 0 aliphatic carbocycles. The molecule has 5 heteroatoms. The molecule has 1 unspecified atom stereocenters. The maximum atomic E-state index is 7.00. The van der Waals surface area contributed by atoms with E-state index in [-0.39, 0.29) is 30.5 Å². The normalized spacial score (nSPS) is 29.6. The molecule has 3 aromatic carbocycles. The minimum atomic E-state index is -0.800. The van der Waals surface area contributed by atoms with E-state index < -0.39 is 11.4 Å². The van der Waals surface area contributed by atoms with Crippen LogP contribution < -0.4 is 0 Å². The number of ether oxygens (including phenoxy) is 5. The van der Waals surface area contributed by atoms with E-state index in [0.29, 0.717) is 13.2 Å². The number of benzene rings is 3. The average Bonchev–Trinajstić information content (AvgIpc) is 3.59. The minimum Gasteiger partial charge on any atom is -0.370 e. The smallest absolute Gasteiger partial charge is 0.164 e. The summed E-state index contributed by atoms with van der Waals surface area (Å²) in [5.74, 6) is -0.653. The second-order valence-electron chi connectivity index (χ2n) is 9.67. The molecule has 3 aromatic rings. The highest BCUT2D eigenvalue weighted by molar-refractivity contribution is 5.47. The molecule has 3 aliphatic rings. The summed E-state index contributed by atoms with van der Waals surface area (Å²) >= 11 is 0. The zero-order chi connectivity index (χ0) is 23.2. The van der Waals surface area contributed by atoms with E-state index in [1.807, 2.05) is 32.0 Å². The van der Waals surface area contributed by atoms with Crippen LogP contribution in [-0.2, 0) is 29.3 Å². The lowest BCUT2D eigenvalue weighted by Crippen LogP contribution is -2.39. The van der Waals surface area contributed by atoms with Crippen LogP contribution in [-0.4, -0.2) is 49.5 Å². The van der Waals surface area contributed by atoms with Crippen molar-refractivity contribution < 1.29 is 23.7 Å². The first-order valence-corrected chi connectivity index (χ1v) is 12.0. The van der Waals surface area contributed by atoms with Crippen LogP contribution in [0.4, 0.5) is 0 Å². The van der Waals surface area contributed by atoms with Gasteiger partial charge in [0.15, 0.2) is 5.79 Å². The van der Waals surface area contributed by atoms with Crippen molar-refractivity contribution in [1.82, 2.24) is 0 Å². The Balaban J connectivity index is 1.39. The highest BCUT2D eigenvalue weighted by Crippen LogP contribution is 2.45. The van der Waals surface area contributed by atoms with Gasteiger partial charge in [-0.3, -0.25) is 0 Å². The molecule has 0 radical (unpaired) electrons. The quantitative estimate of drug-likeness (QED) is 0.380. The van der Waals surface area contributed by atoms with Gasteiger partial charge in [-0.2, -0.15) is 0 Å². The predicted octanol–water partition coefficient (Wildman–Crippen LogP) is 4.68. The third-order valence-electron chi connectivity index (χ3n) is 6.92. The third kappa shape index (κ3) is 3.88. The Bertz CT molecular complexity index is 1000. The number of hydrogen-bond donors (Lipinski definition) is 0. The molecule has 3 heterocycles. The van der Waals surface area contributed by atoms with Crippen LogP contribution in [0, 0.1) is 0 Å². The molecule has 5 atom stereocenters. The maximum Gasteiger partial charge on any atom is 0.164 e. The van der Waals surface area contributed by atoms with E-state index >= 15 is 0 Å². The topological polar surface area (TPSA) is 49.5 Å². The molecule has 0 spiro atoms. The molecular formula is C29H30O5. The molecule has 34 heavy (non-hydrogen) atoms. The summed E-state index contributed by atoms with van der Waals surface area (Å²) in [7, 11) is 0. The monoisotopic (exact) mass is 458 g/mol. The summed E-state index contributed by atoms with van der Waals surface area (Å²) in [6.07, 6.45) is -0.700. The predicted molar refractivity (Wildman–Crippen MR) is 127 cm³/mol. The summed E-state index contributed by atoms with van der Waals surface area (Å²) in [6.45, 7) is 4.96. The Morgan fingerprint density at radius 1 is 0.735 bits per heavy atom. The third-order valence-corrected chi connectivity index (χ3v) is 6.92. The van der Waals surface area contributed by atoms with E-state index in [9.17, 15) is 0 Å². The Morgan fingerprint density at radius 3 is 1.68 bits per heavy atom. The second-order valence-corrected chi connectivity index (χ2v) is 9.67. The summed E-state index contributed by atoms with van der Waals surface area (Å²) in [4.78, 5) is 0. The van der Waals surface area contributed by atoms with Crippen molar-refractivity contribution in [1.29, 1.82) is 0 Å². The molecule has 3 saturated heterocycles. The number of epoxide rings is 1. The standard InChI is InChI=1S/C29H30O5/c1-28(2)33-26-24(32-25(23-18-30-23)27(26)34-28)19-31-29(20-12-6-3-7-13-20,21-14-8-4-9-15-21)22-16-10-5-11-17-22/h3-17,23-27H,18-19H2,1-2H3/t23?,24-,25+,26-,27+/m1/s1. The lowest BCUT2D eigenvalue weighted by Gasteiger charge is -2.37. The van der Waals surface area contributed by atoms with Gasteiger partial charge in [-0.05, 0) is 30.5 Å². The molecule has 0 bridgehead atoms. The van der Waals surface area contributed by atoms with E-state index in [4.69, 9.17) is 23.7 Å². The highest BCUT2D eigenvalue weighted by Gasteiger charge is 2.59. The molecule has 0 amide bonds. The molecule has 0 aromatic heterocycles. The molecule has 0 N–H and O–H groups in total. The number of rotatable bonds is 7. The molecule has 3 fully saturated rings. The van der Waals surface area contributed by atoms with Crippen molar-refractivity contribution in [3.8, 4) is 0 Å². The Labute approximate surface area is 200 Å². The van der Waals surface area contributed by atoms with Crippen molar-refractivity contribution in [2.45, 2.75) is 55.8 Å².